The predicted molar refractivity (Wildman–Crippen MR) is 117 cm³/mol. The summed E-state index contributed by atoms with van der Waals surface area (Å²) in [5, 5.41) is 4.60. The first-order valence-electron chi connectivity index (χ1n) is 9.90. The molecule has 32 heavy (non-hydrogen) atoms. The Kier molecular flexibility index (Phi) is 4.47. The third-order valence-corrected chi connectivity index (χ3v) is 5.38. The number of aryl methyl sites for hydroxylation is 2. The van der Waals surface area contributed by atoms with Crippen molar-refractivity contribution in [3.05, 3.63) is 87.3 Å². The Morgan fingerprint density at radius 3 is 2.56 bits per heavy atom. The molecule has 0 aliphatic heterocycles. The van der Waals surface area contributed by atoms with Crippen LogP contribution in [0.1, 0.15) is 11.5 Å². The van der Waals surface area contributed by atoms with Gasteiger partial charge in [-0.25, -0.2) is 14.8 Å². The highest BCUT2D eigenvalue weighted by molar-refractivity contribution is 5.88. The van der Waals surface area contributed by atoms with Gasteiger partial charge in [0.15, 0.2) is 6.39 Å². The van der Waals surface area contributed by atoms with Crippen molar-refractivity contribution in [2.24, 2.45) is 7.05 Å². The minimum Gasteiger partial charge on any atom is -0.446 e. The molecule has 0 saturated heterocycles. The van der Waals surface area contributed by atoms with Gasteiger partial charge in [-0.15, -0.1) is 9.50 Å². The molecule has 0 amide bonds. The quantitative estimate of drug-likeness (QED) is 0.457. The fourth-order valence-electron chi connectivity index (χ4n) is 3.70. The molecule has 10 heteroatoms. The molecule has 0 aliphatic rings. The number of hydrogen-bond donors (Lipinski definition) is 1. The molecule has 4 aromatic heterocycles. The lowest BCUT2D eigenvalue weighted by molar-refractivity contribution is -0.351. The van der Waals surface area contributed by atoms with E-state index in [1.54, 1.807) is 26.2 Å². The van der Waals surface area contributed by atoms with Gasteiger partial charge < -0.3 is 8.98 Å². The summed E-state index contributed by atoms with van der Waals surface area (Å²) in [5.41, 5.74) is 9.65. The molecule has 3 N–H and O–H groups in total. The number of nitrogens with zero attached hydrogens (tertiary/aromatic N) is 5. The lowest BCUT2D eigenvalue weighted by Crippen LogP contribution is -2.28. The monoisotopic (exact) mass is 430 g/mol. The highest BCUT2D eigenvalue weighted by Crippen LogP contribution is 2.31. The van der Waals surface area contributed by atoms with Crippen molar-refractivity contribution in [2.75, 3.05) is 5.73 Å². The number of anilines is 1. The molecule has 0 fully saturated rings. The van der Waals surface area contributed by atoms with E-state index in [2.05, 4.69) is 15.1 Å². The van der Waals surface area contributed by atoms with Crippen LogP contribution in [0.4, 0.5) is 5.95 Å². The second kappa shape index (κ2) is 7.34. The van der Waals surface area contributed by atoms with Gasteiger partial charge in [0.2, 0.25) is 11.2 Å². The molecule has 5 rings (SSSR count). The Hall–Kier alpha value is -4.47. The van der Waals surface area contributed by atoms with Gasteiger partial charge in [0, 0.05) is 30.4 Å². The van der Waals surface area contributed by atoms with Gasteiger partial charge in [0.25, 0.3) is 0 Å². The minimum absolute atomic E-state index is 0.110. The Labute approximate surface area is 181 Å². The number of aromatic amines is 1. The summed E-state index contributed by atoms with van der Waals surface area (Å²) in [6.45, 7) is 1.91. The Morgan fingerprint density at radius 2 is 1.88 bits per heavy atom. The van der Waals surface area contributed by atoms with E-state index in [0.29, 0.717) is 33.9 Å². The van der Waals surface area contributed by atoms with Gasteiger partial charge in [-0.1, -0.05) is 30.3 Å². The zero-order valence-electron chi connectivity index (χ0n) is 17.4. The number of oxazole rings is 1. The highest BCUT2D eigenvalue weighted by atomic mass is 16.3. The average molecular weight is 430 g/mol. The minimum atomic E-state index is -0.421. The second-order valence-corrected chi connectivity index (χ2v) is 7.45. The molecule has 0 unspecified atom stereocenters. The number of nitrogen functional groups attached to an aromatic ring is 1. The zero-order chi connectivity index (χ0) is 22.4. The fourth-order valence-corrected chi connectivity index (χ4v) is 3.70. The maximum Gasteiger partial charge on any atom is 0.411 e. The van der Waals surface area contributed by atoms with Crippen molar-refractivity contribution in [3.63, 3.8) is 0 Å². The predicted octanol–water partition coefficient (Wildman–Crippen LogP) is 1.27. The first-order chi connectivity index (χ1) is 15.4. The van der Waals surface area contributed by atoms with Gasteiger partial charge in [-0.3, -0.25) is 10.5 Å². The first-order valence-corrected chi connectivity index (χ1v) is 9.90. The molecule has 0 spiro atoms. The SMILES string of the molecule is Cc1ncoc1Cn1nc2c(-c3ccc(=O)n(C)c3)c(-c3ccccc3)[nH+]c(N)n2c1=O. The molecule has 160 valence electrons. The summed E-state index contributed by atoms with van der Waals surface area (Å²) >= 11 is 0. The van der Waals surface area contributed by atoms with Crippen molar-refractivity contribution in [3.8, 4) is 22.4 Å². The van der Waals surface area contributed by atoms with Gasteiger partial charge in [-0.2, -0.15) is 4.68 Å². The summed E-state index contributed by atoms with van der Waals surface area (Å²) in [4.78, 5) is 32.4. The summed E-state index contributed by atoms with van der Waals surface area (Å²) < 4.78 is 9.47. The molecule has 1 aromatic carbocycles. The van der Waals surface area contributed by atoms with E-state index < -0.39 is 5.69 Å². The van der Waals surface area contributed by atoms with E-state index >= 15 is 0 Å². The lowest BCUT2D eigenvalue weighted by atomic mass is 10.0. The largest absolute Gasteiger partial charge is 0.446 e. The van der Waals surface area contributed by atoms with Crippen molar-refractivity contribution < 1.29 is 9.40 Å². The van der Waals surface area contributed by atoms with Crippen LogP contribution >= 0.6 is 0 Å². The second-order valence-electron chi connectivity index (χ2n) is 7.45. The van der Waals surface area contributed by atoms with Crippen LogP contribution in [0.2, 0.25) is 0 Å². The van der Waals surface area contributed by atoms with Gasteiger partial charge >= 0.3 is 11.6 Å². The number of rotatable bonds is 4. The van der Waals surface area contributed by atoms with E-state index in [0.717, 1.165) is 5.56 Å². The van der Waals surface area contributed by atoms with E-state index in [1.807, 2.05) is 30.3 Å². The van der Waals surface area contributed by atoms with Crippen LogP contribution in [-0.2, 0) is 13.6 Å². The maximum atomic E-state index is 13.2. The van der Waals surface area contributed by atoms with Crippen LogP contribution in [0.3, 0.4) is 0 Å². The number of fused-ring (bicyclic) bond motifs is 1. The van der Waals surface area contributed by atoms with E-state index in [4.69, 9.17) is 10.2 Å². The van der Waals surface area contributed by atoms with Crippen molar-refractivity contribution in [1.29, 1.82) is 0 Å². The number of H-pyrrole nitrogens is 1. The van der Waals surface area contributed by atoms with Crippen LogP contribution < -0.4 is 22.0 Å². The molecule has 10 nitrogen and oxygen atoms in total. The van der Waals surface area contributed by atoms with Crippen LogP contribution in [0.25, 0.3) is 28.0 Å². The average Bonchev–Trinajstić information content (AvgIpc) is 3.34. The van der Waals surface area contributed by atoms with Crippen molar-refractivity contribution >= 4 is 11.6 Å². The van der Waals surface area contributed by atoms with Crippen LogP contribution in [0.5, 0.6) is 0 Å². The summed E-state index contributed by atoms with van der Waals surface area (Å²) in [5.74, 6) is 0.669. The van der Waals surface area contributed by atoms with Crippen LogP contribution in [-0.4, -0.2) is 23.7 Å². The maximum absolute atomic E-state index is 13.2. The van der Waals surface area contributed by atoms with E-state index in [9.17, 15) is 9.59 Å². The number of benzene rings is 1. The number of hydrogen-bond acceptors (Lipinski definition) is 6. The molecule has 5 aromatic rings. The number of nitrogens with two attached hydrogens (primary N) is 1. The topological polar surface area (TPSA) is 127 Å². The molecule has 0 aliphatic carbocycles. The molecule has 0 atom stereocenters. The number of aromatic nitrogens is 6. The molecule has 4 heterocycles. The van der Waals surface area contributed by atoms with E-state index in [1.165, 1.54) is 26.1 Å². The molecular formula is C22H20N7O3+. The summed E-state index contributed by atoms with van der Waals surface area (Å²) in [7, 11) is 1.67. The molecule has 0 bridgehead atoms. The standard InChI is InChI=1S/C22H19N7O3/c1-13-16(32-12-24-13)11-28-22(31)29-20(26-28)18(15-8-9-17(30)27(2)10-15)19(25-21(29)23)14-6-4-3-5-7-14/h3-10,12H,11H2,1-2H3,(H2,23,25)/p+1. The van der Waals surface area contributed by atoms with Crippen molar-refractivity contribution in [2.45, 2.75) is 13.5 Å². The highest BCUT2D eigenvalue weighted by Gasteiger charge is 2.26. The Morgan fingerprint density at radius 1 is 1.09 bits per heavy atom. The summed E-state index contributed by atoms with van der Waals surface area (Å²) in [6.07, 6.45) is 3.04. The van der Waals surface area contributed by atoms with Crippen LogP contribution in [0.15, 0.2) is 69.1 Å². The Bertz CT molecular complexity index is 1580. The Balaban J connectivity index is 1.84. The van der Waals surface area contributed by atoms with E-state index in [-0.39, 0.29) is 18.1 Å². The molecule has 0 radical (unpaired) electrons. The first kappa shape index (κ1) is 19.5. The molecule has 0 saturated carbocycles. The zero-order valence-corrected chi connectivity index (χ0v) is 17.4. The van der Waals surface area contributed by atoms with Gasteiger partial charge in [0.05, 0.1) is 11.3 Å². The third-order valence-electron chi connectivity index (χ3n) is 5.38. The normalized spacial score (nSPS) is 11.3. The number of nitrogens with one attached hydrogen (secondary N) is 1. The molecular weight excluding hydrogens is 410 g/mol. The lowest BCUT2D eigenvalue weighted by Gasteiger charge is -2.10. The van der Waals surface area contributed by atoms with Gasteiger partial charge in [0.1, 0.15) is 18.0 Å². The summed E-state index contributed by atoms with van der Waals surface area (Å²) in [6, 6.07) is 12.8. The third kappa shape index (κ3) is 3.09. The smallest absolute Gasteiger partial charge is 0.411 e. The van der Waals surface area contributed by atoms with Gasteiger partial charge in [-0.05, 0) is 13.0 Å². The fraction of sp³-hybridized carbons (Fsp3) is 0.136. The van der Waals surface area contributed by atoms with Crippen LogP contribution in [0, 0.1) is 6.92 Å². The number of pyridine rings is 1. The van der Waals surface area contributed by atoms with Crippen molar-refractivity contribution in [1.82, 2.24) is 23.7 Å².